The minimum absolute atomic E-state index is 0.246. The van der Waals surface area contributed by atoms with Crippen molar-refractivity contribution in [2.75, 3.05) is 13.2 Å². The summed E-state index contributed by atoms with van der Waals surface area (Å²) in [6, 6.07) is 19.6. The molecule has 5 rings (SSSR count). The maximum Gasteiger partial charge on any atom is 0.287 e. The fraction of sp³-hybridized carbons (Fsp3) is 0.174. The number of para-hydroxylation sites is 2. The van der Waals surface area contributed by atoms with Crippen LogP contribution in [0.4, 0.5) is 0 Å². The highest BCUT2D eigenvalue weighted by Crippen LogP contribution is 2.32. The molecule has 0 unspecified atom stereocenters. The summed E-state index contributed by atoms with van der Waals surface area (Å²) in [5.74, 6) is 1.51. The second-order valence-electron chi connectivity index (χ2n) is 6.93. The van der Waals surface area contributed by atoms with E-state index < -0.39 is 0 Å². The zero-order chi connectivity index (χ0) is 19.1. The Labute approximate surface area is 161 Å². The number of carbonyl (C=O) groups is 1. The van der Waals surface area contributed by atoms with Gasteiger partial charge in [-0.05, 0) is 24.4 Å². The number of ether oxygens (including phenoxy) is 2. The van der Waals surface area contributed by atoms with Gasteiger partial charge >= 0.3 is 0 Å². The number of fused-ring (bicyclic) bond motifs is 4. The van der Waals surface area contributed by atoms with Crippen LogP contribution in [0, 0.1) is 6.92 Å². The van der Waals surface area contributed by atoms with Gasteiger partial charge in [0.05, 0.1) is 6.54 Å². The number of hydrogen-bond acceptors (Lipinski definition) is 4. The summed E-state index contributed by atoms with van der Waals surface area (Å²) in [4.78, 5) is 12.8. The molecule has 0 aliphatic carbocycles. The van der Waals surface area contributed by atoms with Gasteiger partial charge in [0.1, 0.15) is 18.3 Å². The first-order valence-electron chi connectivity index (χ1n) is 9.28. The number of hydrogen-bond donors (Lipinski definition) is 1. The number of amides is 1. The topological polar surface area (TPSA) is 60.7 Å². The molecule has 0 fully saturated rings. The SMILES string of the molecule is Cc1c(C(=O)NC[C@H]2COc3ccccc3O2)oc2c1ccc1ccccc12. The first-order valence-corrected chi connectivity index (χ1v) is 9.28. The molecule has 4 aromatic rings. The summed E-state index contributed by atoms with van der Waals surface area (Å²) in [6.07, 6.45) is -0.246. The second-order valence-corrected chi connectivity index (χ2v) is 6.93. The molecule has 1 aliphatic heterocycles. The lowest BCUT2D eigenvalue weighted by atomic mass is 10.1. The zero-order valence-corrected chi connectivity index (χ0v) is 15.4. The minimum atomic E-state index is -0.250. The Balaban J connectivity index is 1.36. The lowest BCUT2D eigenvalue weighted by molar-refractivity contribution is 0.0774. The summed E-state index contributed by atoms with van der Waals surface area (Å²) in [5.41, 5.74) is 1.58. The fourth-order valence-electron chi connectivity index (χ4n) is 3.62. The van der Waals surface area contributed by atoms with Crippen molar-refractivity contribution >= 4 is 27.6 Å². The Morgan fingerprint density at radius 2 is 1.79 bits per heavy atom. The smallest absolute Gasteiger partial charge is 0.287 e. The van der Waals surface area contributed by atoms with Crippen molar-refractivity contribution in [1.82, 2.24) is 5.32 Å². The third kappa shape index (κ3) is 2.76. The Kier molecular flexibility index (Phi) is 3.93. The highest BCUT2D eigenvalue weighted by molar-refractivity contribution is 6.08. The molecule has 28 heavy (non-hydrogen) atoms. The fourth-order valence-corrected chi connectivity index (χ4v) is 3.62. The summed E-state index contributed by atoms with van der Waals surface area (Å²) >= 11 is 0. The number of aryl methyl sites for hydroxylation is 1. The van der Waals surface area contributed by atoms with E-state index >= 15 is 0 Å². The molecule has 1 aliphatic rings. The van der Waals surface area contributed by atoms with Gasteiger partial charge in [-0.2, -0.15) is 0 Å². The van der Waals surface area contributed by atoms with E-state index in [1.807, 2.05) is 67.6 Å². The minimum Gasteiger partial charge on any atom is -0.486 e. The van der Waals surface area contributed by atoms with Gasteiger partial charge in [-0.1, -0.05) is 48.5 Å². The van der Waals surface area contributed by atoms with Crippen LogP contribution in [-0.4, -0.2) is 25.2 Å². The molecule has 2 heterocycles. The van der Waals surface area contributed by atoms with Crippen molar-refractivity contribution in [2.45, 2.75) is 13.0 Å². The molecular formula is C23H19NO4. The van der Waals surface area contributed by atoms with Crippen LogP contribution in [0.3, 0.4) is 0 Å². The van der Waals surface area contributed by atoms with E-state index in [4.69, 9.17) is 13.9 Å². The van der Waals surface area contributed by atoms with Crippen molar-refractivity contribution in [3.05, 3.63) is 72.0 Å². The molecule has 5 heteroatoms. The predicted octanol–water partition coefficient (Wildman–Crippen LogP) is 4.46. The third-order valence-corrected chi connectivity index (χ3v) is 5.09. The van der Waals surface area contributed by atoms with Crippen LogP contribution in [0.15, 0.2) is 65.1 Å². The van der Waals surface area contributed by atoms with Crippen molar-refractivity contribution in [1.29, 1.82) is 0 Å². The standard InChI is InChI=1S/C23H19NO4/c1-14-17-11-10-15-6-2-3-7-18(15)22(17)28-21(14)23(25)24-12-16-13-26-19-8-4-5-9-20(19)27-16/h2-11,16H,12-13H2,1H3,(H,24,25)/t16-/m0/s1. The molecule has 0 saturated carbocycles. The van der Waals surface area contributed by atoms with Crippen LogP contribution in [0.5, 0.6) is 11.5 Å². The first-order chi connectivity index (χ1) is 13.7. The monoisotopic (exact) mass is 373 g/mol. The van der Waals surface area contributed by atoms with E-state index in [0.29, 0.717) is 24.7 Å². The quantitative estimate of drug-likeness (QED) is 0.576. The van der Waals surface area contributed by atoms with Gasteiger partial charge in [-0.3, -0.25) is 4.79 Å². The van der Waals surface area contributed by atoms with Gasteiger partial charge in [-0.15, -0.1) is 0 Å². The average Bonchev–Trinajstić information content (AvgIpc) is 3.09. The Bertz CT molecular complexity index is 1190. The largest absolute Gasteiger partial charge is 0.486 e. The van der Waals surface area contributed by atoms with Crippen LogP contribution in [-0.2, 0) is 0 Å². The highest BCUT2D eigenvalue weighted by atomic mass is 16.6. The lowest BCUT2D eigenvalue weighted by Gasteiger charge is -2.26. The van der Waals surface area contributed by atoms with Gasteiger partial charge in [0.25, 0.3) is 5.91 Å². The lowest BCUT2D eigenvalue weighted by Crippen LogP contribution is -2.40. The maximum absolute atomic E-state index is 12.8. The molecule has 0 bridgehead atoms. The molecule has 1 atom stereocenters. The average molecular weight is 373 g/mol. The molecule has 1 aromatic heterocycles. The number of furan rings is 1. The van der Waals surface area contributed by atoms with Crippen molar-refractivity contribution in [3.8, 4) is 11.5 Å². The number of carbonyl (C=O) groups excluding carboxylic acids is 1. The molecule has 0 radical (unpaired) electrons. The summed E-state index contributed by atoms with van der Waals surface area (Å²) in [6.45, 7) is 2.64. The Morgan fingerprint density at radius 1 is 1.00 bits per heavy atom. The number of benzene rings is 3. The van der Waals surface area contributed by atoms with Gasteiger partial charge in [0.15, 0.2) is 17.3 Å². The van der Waals surface area contributed by atoms with Crippen LogP contribution < -0.4 is 14.8 Å². The van der Waals surface area contributed by atoms with E-state index in [0.717, 1.165) is 33.1 Å². The Morgan fingerprint density at radius 3 is 2.68 bits per heavy atom. The van der Waals surface area contributed by atoms with Crippen molar-refractivity contribution in [3.63, 3.8) is 0 Å². The number of rotatable bonds is 3. The summed E-state index contributed by atoms with van der Waals surface area (Å²) < 4.78 is 17.6. The first kappa shape index (κ1) is 16.7. The van der Waals surface area contributed by atoms with E-state index in [1.54, 1.807) is 0 Å². The third-order valence-electron chi connectivity index (χ3n) is 5.09. The van der Waals surface area contributed by atoms with Gasteiger partial charge in [0, 0.05) is 16.3 Å². The van der Waals surface area contributed by atoms with Gasteiger partial charge in [-0.25, -0.2) is 0 Å². The van der Waals surface area contributed by atoms with Gasteiger partial charge in [0.2, 0.25) is 0 Å². The summed E-state index contributed by atoms with van der Waals surface area (Å²) in [5, 5.41) is 5.95. The Hall–Kier alpha value is -3.47. The molecule has 0 saturated heterocycles. The maximum atomic E-state index is 12.8. The number of nitrogens with one attached hydrogen (secondary N) is 1. The zero-order valence-electron chi connectivity index (χ0n) is 15.4. The van der Waals surface area contributed by atoms with E-state index in [-0.39, 0.29) is 12.0 Å². The molecule has 3 aromatic carbocycles. The summed E-state index contributed by atoms with van der Waals surface area (Å²) in [7, 11) is 0. The molecule has 5 nitrogen and oxygen atoms in total. The predicted molar refractivity (Wildman–Crippen MR) is 107 cm³/mol. The van der Waals surface area contributed by atoms with Gasteiger partial charge < -0.3 is 19.2 Å². The molecule has 0 spiro atoms. The van der Waals surface area contributed by atoms with E-state index in [9.17, 15) is 4.79 Å². The molecule has 1 N–H and O–H groups in total. The normalized spacial score (nSPS) is 15.7. The van der Waals surface area contributed by atoms with Crippen molar-refractivity contribution < 1.29 is 18.7 Å². The second kappa shape index (κ2) is 6.60. The molecular weight excluding hydrogens is 354 g/mol. The van der Waals surface area contributed by atoms with E-state index in [2.05, 4.69) is 5.32 Å². The molecule has 1 amide bonds. The molecule has 140 valence electrons. The van der Waals surface area contributed by atoms with Crippen LogP contribution >= 0.6 is 0 Å². The van der Waals surface area contributed by atoms with Crippen LogP contribution in [0.25, 0.3) is 21.7 Å². The van der Waals surface area contributed by atoms with Crippen LogP contribution in [0.1, 0.15) is 16.1 Å². The van der Waals surface area contributed by atoms with E-state index in [1.165, 1.54) is 0 Å². The van der Waals surface area contributed by atoms with Crippen molar-refractivity contribution in [2.24, 2.45) is 0 Å². The van der Waals surface area contributed by atoms with Crippen LogP contribution in [0.2, 0.25) is 0 Å². The highest BCUT2D eigenvalue weighted by Gasteiger charge is 2.23.